The van der Waals surface area contributed by atoms with Crippen molar-refractivity contribution < 1.29 is 23.8 Å². The number of nitrogens with one attached hydrogen (secondary N) is 1. The first kappa shape index (κ1) is 17.8. The van der Waals surface area contributed by atoms with Gasteiger partial charge in [-0.05, 0) is 18.6 Å². The first-order chi connectivity index (χ1) is 13.7. The Morgan fingerprint density at radius 3 is 2.50 bits per heavy atom. The number of amides is 2. The molecule has 1 aromatic carbocycles. The Hall–Kier alpha value is -2.32. The van der Waals surface area contributed by atoms with Crippen LogP contribution in [0.1, 0.15) is 25.7 Å². The number of carbonyl (C=O) groups is 2. The van der Waals surface area contributed by atoms with Gasteiger partial charge in [-0.3, -0.25) is 14.9 Å². The van der Waals surface area contributed by atoms with E-state index in [-0.39, 0.29) is 17.9 Å². The summed E-state index contributed by atoms with van der Waals surface area (Å²) in [5.74, 6) is -0.000000949. The maximum absolute atomic E-state index is 12.4. The van der Waals surface area contributed by atoms with Gasteiger partial charge in [-0.2, -0.15) is 0 Å². The number of benzene rings is 1. The maximum Gasteiger partial charge on any atom is 0.249 e. The molecule has 3 fully saturated rings. The minimum atomic E-state index is -0.412. The van der Waals surface area contributed by atoms with E-state index in [1.54, 1.807) is 0 Å². The first-order valence-electron chi connectivity index (χ1n) is 10.0. The fourth-order valence-electron chi connectivity index (χ4n) is 4.68. The molecule has 2 amide bonds. The van der Waals surface area contributed by atoms with Crippen LogP contribution in [0.25, 0.3) is 0 Å². The number of imide groups is 1. The second-order valence-electron chi connectivity index (χ2n) is 7.73. The lowest BCUT2D eigenvalue weighted by molar-refractivity contribution is -0.169. The van der Waals surface area contributed by atoms with Crippen LogP contribution in [0.2, 0.25) is 0 Å². The highest BCUT2D eigenvalue weighted by Gasteiger charge is 2.41. The smallest absolute Gasteiger partial charge is 0.249 e. The van der Waals surface area contributed by atoms with E-state index >= 15 is 0 Å². The van der Waals surface area contributed by atoms with Gasteiger partial charge in [-0.25, -0.2) is 0 Å². The number of piperidine rings is 2. The zero-order valence-corrected chi connectivity index (χ0v) is 15.8. The van der Waals surface area contributed by atoms with Crippen molar-refractivity contribution in [3.8, 4) is 5.75 Å². The summed E-state index contributed by atoms with van der Waals surface area (Å²) in [5.41, 5.74) is 1.97. The maximum atomic E-state index is 12.4. The van der Waals surface area contributed by atoms with Gasteiger partial charge in [0.25, 0.3) is 0 Å². The van der Waals surface area contributed by atoms with Crippen LogP contribution in [0.3, 0.4) is 0 Å². The van der Waals surface area contributed by atoms with E-state index in [4.69, 9.17) is 14.2 Å². The molecule has 4 aliphatic rings. The van der Waals surface area contributed by atoms with Crippen molar-refractivity contribution in [1.82, 2.24) is 5.32 Å². The molecule has 0 unspecified atom stereocenters. The highest BCUT2D eigenvalue weighted by atomic mass is 16.7. The molecule has 0 aromatic heterocycles. The third-order valence-corrected chi connectivity index (χ3v) is 6.13. The van der Waals surface area contributed by atoms with E-state index in [9.17, 15) is 9.59 Å². The lowest BCUT2D eigenvalue weighted by Gasteiger charge is -2.42. The lowest BCUT2D eigenvalue weighted by Crippen LogP contribution is -2.54. The molecule has 0 aliphatic carbocycles. The quantitative estimate of drug-likeness (QED) is 0.760. The Bertz CT molecular complexity index is 782. The summed E-state index contributed by atoms with van der Waals surface area (Å²) < 4.78 is 17.7. The van der Waals surface area contributed by atoms with Crippen LogP contribution < -0.4 is 19.9 Å². The molecule has 8 heteroatoms. The third-order valence-electron chi connectivity index (χ3n) is 6.13. The number of anilines is 2. The highest BCUT2D eigenvalue weighted by molar-refractivity contribution is 6.02. The molecule has 1 atom stereocenters. The van der Waals surface area contributed by atoms with Crippen molar-refractivity contribution in [3.05, 3.63) is 18.2 Å². The van der Waals surface area contributed by atoms with E-state index in [1.807, 2.05) is 12.1 Å². The van der Waals surface area contributed by atoms with E-state index in [2.05, 4.69) is 21.2 Å². The monoisotopic (exact) mass is 387 g/mol. The Morgan fingerprint density at radius 2 is 1.75 bits per heavy atom. The Morgan fingerprint density at radius 1 is 1.00 bits per heavy atom. The summed E-state index contributed by atoms with van der Waals surface area (Å²) in [7, 11) is 0. The number of carbonyl (C=O) groups excluding carboxylic acids is 2. The zero-order valence-electron chi connectivity index (χ0n) is 15.8. The van der Waals surface area contributed by atoms with Crippen molar-refractivity contribution in [2.75, 3.05) is 49.3 Å². The summed E-state index contributed by atoms with van der Waals surface area (Å²) >= 11 is 0. The first-order valence-corrected chi connectivity index (χ1v) is 10.0. The second kappa shape index (κ2) is 6.93. The Labute approximate surface area is 163 Å². The van der Waals surface area contributed by atoms with Gasteiger partial charge >= 0.3 is 0 Å². The largest absolute Gasteiger partial charge is 0.487 e. The predicted octanol–water partition coefficient (Wildman–Crippen LogP) is 1.03. The summed E-state index contributed by atoms with van der Waals surface area (Å²) in [4.78, 5) is 28.3. The van der Waals surface area contributed by atoms with Crippen molar-refractivity contribution in [2.24, 2.45) is 0 Å². The van der Waals surface area contributed by atoms with E-state index < -0.39 is 5.79 Å². The van der Waals surface area contributed by atoms with Crippen molar-refractivity contribution in [1.29, 1.82) is 0 Å². The molecular weight excluding hydrogens is 362 g/mol. The number of fused-ring (bicyclic) bond motifs is 1. The number of hydrogen-bond donors (Lipinski definition) is 1. The summed E-state index contributed by atoms with van der Waals surface area (Å²) in [6.45, 7) is 4.16. The molecule has 3 saturated heterocycles. The molecule has 0 saturated carbocycles. The van der Waals surface area contributed by atoms with Crippen LogP contribution in [0.15, 0.2) is 18.2 Å². The van der Waals surface area contributed by atoms with E-state index in [0.29, 0.717) is 39.2 Å². The van der Waals surface area contributed by atoms with Crippen LogP contribution in [0.4, 0.5) is 11.4 Å². The molecule has 8 nitrogen and oxygen atoms in total. The van der Waals surface area contributed by atoms with Gasteiger partial charge in [0.1, 0.15) is 12.6 Å². The zero-order chi connectivity index (χ0) is 19.1. The fourth-order valence-corrected chi connectivity index (χ4v) is 4.68. The van der Waals surface area contributed by atoms with Crippen LogP contribution in [0.5, 0.6) is 5.75 Å². The molecule has 28 heavy (non-hydrogen) atoms. The number of para-hydroxylation sites is 1. The number of hydrogen-bond acceptors (Lipinski definition) is 7. The van der Waals surface area contributed by atoms with Gasteiger partial charge in [0.2, 0.25) is 11.8 Å². The number of ether oxygens (including phenoxy) is 3. The molecule has 5 rings (SSSR count). The van der Waals surface area contributed by atoms with Crippen LogP contribution in [-0.4, -0.2) is 63.1 Å². The van der Waals surface area contributed by atoms with Gasteiger partial charge < -0.3 is 24.0 Å². The summed E-state index contributed by atoms with van der Waals surface area (Å²) in [6, 6.07) is 5.74. The molecule has 1 aromatic rings. The number of rotatable bonds is 2. The summed E-state index contributed by atoms with van der Waals surface area (Å²) in [6.07, 6.45) is 2.56. The van der Waals surface area contributed by atoms with Gasteiger partial charge in [0, 0.05) is 32.4 Å². The Kier molecular flexibility index (Phi) is 4.40. The molecule has 0 radical (unpaired) electrons. The van der Waals surface area contributed by atoms with E-state index in [0.717, 1.165) is 43.1 Å². The average molecular weight is 387 g/mol. The topological polar surface area (TPSA) is 80.3 Å². The van der Waals surface area contributed by atoms with Crippen molar-refractivity contribution in [2.45, 2.75) is 37.5 Å². The normalized spacial score (nSPS) is 26.8. The molecule has 1 spiro atoms. The minimum Gasteiger partial charge on any atom is -0.487 e. The fraction of sp³-hybridized carbons (Fsp3) is 0.600. The predicted molar refractivity (Wildman–Crippen MR) is 102 cm³/mol. The lowest BCUT2D eigenvalue weighted by atomic mass is 10.0. The third kappa shape index (κ3) is 3.00. The average Bonchev–Trinajstić information content (AvgIpc) is 3.16. The SMILES string of the molecule is O=C1CC[C@@H](N2CCOc3c(N4CCC5(CC4)OCCO5)cccc32)C(=O)N1. The molecular formula is C20H25N3O5. The van der Waals surface area contributed by atoms with Crippen molar-refractivity contribution >= 4 is 23.2 Å². The highest BCUT2D eigenvalue weighted by Crippen LogP contribution is 2.43. The van der Waals surface area contributed by atoms with Gasteiger partial charge in [-0.1, -0.05) is 6.07 Å². The molecule has 150 valence electrons. The van der Waals surface area contributed by atoms with Gasteiger partial charge in [0.15, 0.2) is 11.5 Å². The summed E-state index contributed by atoms with van der Waals surface area (Å²) in [5, 5.41) is 2.46. The van der Waals surface area contributed by atoms with Crippen molar-refractivity contribution in [3.63, 3.8) is 0 Å². The van der Waals surface area contributed by atoms with Gasteiger partial charge in [-0.15, -0.1) is 0 Å². The van der Waals surface area contributed by atoms with Crippen LogP contribution in [0, 0.1) is 0 Å². The Balaban J connectivity index is 1.39. The van der Waals surface area contributed by atoms with Crippen LogP contribution in [-0.2, 0) is 19.1 Å². The van der Waals surface area contributed by atoms with Crippen LogP contribution >= 0.6 is 0 Å². The van der Waals surface area contributed by atoms with E-state index in [1.165, 1.54) is 0 Å². The number of nitrogens with zero attached hydrogens (tertiary/aromatic N) is 2. The van der Waals surface area contributed by atoms with Gasteiger partial charge in [0.05, 0.1) is 31.1 Å². The molecule has 0 bridgehead atoms. The molecule has 4 heterocycles. The standard InChI is InChI=1S/C20H25N3O5/c24-17-5-4-16(19(25)21-17)23-10-11-26-18-14(2-1-3-15(18)23)22-8-6-20(7-9-22)27-12-13-28-20/h1-3,16H,4-13H2,(H,21,24,25)/t16-/m1/s1. The minimum absolute atomic E-state index is 0.193. The second-order valence-corrected chi connectivity index (χ2v) is 7.73. The molecule has 4 aliphatic heterocycles. The molecule has 1 N–H and O–H groups in total.